The van der Waals surface area contributed by atoms with Gasteiger partial charge in [-0.15, -0.1) is 0 Å². The summed E-state index contributed by atoms with van der Waals surface area (Å²) in [5.74, 6) is 0. The molecule has 0 nitrogen and oxygen atoms in total. The quantitative estimate of drug-likeness (QED) is 0.620. The average Bonchev–Trinajstić information content (AvgIpc) is 2.18. The molecule has 0 aromatic heterocycles. The second kappa shape index (κ2) is 4.45. The van der Waals surface area contributed by atoms with Crippen molar-refractivity contribution >= 4 is 0 Å². The molecule has 1 aromatic carbocycles. The van der Waals surface area contributed by atoms with Crippen LogP contribution in [-0.4, -0.2) is 0 Å². The van der Waals surface area contributed by atoms with Crippen molar-refractivity contribution in [1.82, 2.24) is 0 Å². The molecule has 0 aliphatic carbocycles. The summed E-state index contributed by atoms with van der Waals surface area (Å²) in [6, 6.07) is 10.7. The van der Waals surface area contributed by atoms with Crippen LogP contribution in [0.15, 0.2) is 42.0 Å². The fourth-order valence-electron chi connectivity index (χ4n) is 1.79. The van der Waals surface area contributed by atoms with Crippen LogP contribution in [0, 0.1) is 0 Å². The largest absolute Gasteiger partial charge is 0.0887 e. The van der Waals surface area contributed by atoms with Gasteiger partial charge < -0.3 is 0 Å². The van der Waals surface area contributed by atoms with E-state index in [-0.39, 0.29) is 5.41 Å². The molecule has 14 heavy (non-hydrogen) atoms. The maximum absolute atomic E-state index is 2.30. The van der Waals surface area contributed by atoms with Gasteiger partial charge in [-0.25, -0.2) is 0 Å². The van der Waals surface area contributed by atoms with Gasteiger partial charge in [0.25, 0.3) is 0 Å². The van der Waals surface area contributed by atoms with Crippen LogP contribution < -0.4 is 0 Å². The minimum atomic E-state index is 0.248. The van der Waals surface area contributed by atoms with Gasteiger partial charge in [0.15, 0.2) is 0 Å². The molecule has 0 fully saturated rings. The van der Waals surface area contributed by atoms with Crippen molar-refractivity contribution in [2.45, 2.75) is 39.5 Å². The van der Waals surface area contributed by atoms with Gasteiger partial charge in [-0.3, -0.25) is 0 Å². The lowest BCUT2D eigenvalue weighted by Crippen LogP contribution is -2.17. The van der Waals surface area contributed by atoms with Gasteiger partial charge >= 0.3 is 0 Å². The molecule has 0 aliphatic rings. The summed E-state index contributed by atoms with van der Waals surface area (Å²) in [6.45, 7) is 8.91. The zero-order valence-corrected chi connectivity index (χ0v) is 9.67. The highest BCUT2D eigenvalue weighted by Gasteiger charge is 2.19. The van der Waals surface area contributed by atoms with Gasteiger partial charge in [-0.1, -0.05) is 55.8 Å². The van der Waals surface area contributed by atoms with E-state index in [1.165, 1.54) is 11.1 Å². The van der Waals surface area contributed by atoms with Gasteiger partial charge in [0.2, 0.25) is 0 Å². The monoisotopic (exact) mass is 188 g/mol. The van der Waals surface area contributed by atoms with Crippen LogP contribution in [0.25, 0.3) is 0 Å². The Morgan fingerprint density at radius 1 is 1.21 bits per heavy atom. The molecule has 1 rings (SSSR count). The third-order valence-electron chi connectivity index (χ3n) is 2.77. The van der Waals surface area contributed by atoms with Crippen molar-refractivity contribution in [2.75, 3.05) is 0 Å². The van der Waals surface area contributed by atoms with Crippen molar-refractivity contribution in [3.63, 3.8) is 0 Å². The average molecular weight is 188 g/mol. The summed E-state index contributed by atoms with van der Waals surface area (Å²) >= 11 is 0. The Kier molecular flexibility index (Phi) is 3.51. The highest BCUT2D eigenvalue weighted by Crippen LogP contribution is 2.29. The number of allylic oxidation sites excluding steroid dienone is 2. The van der Waals surface area contributed by atoms with E-state index in [1.54, 1.807) is 0 Å². The minimum absolute atomic E-state index is 0.248. The van der Waals surface area contributed by atoms with Gasteiger partial charge in [0.1, 0.15) is 0 Å². The summed E-state index contributed by atoms with van der Waals surface area (Å²) in [6.07, 6.45) is 3.33. The van der Waals surface area contributed by atoms with Crippen molar-refractivity contribution in [3.8, 4) is 0 Å². The Hall–Kier alpha value is -1.04. The highest BCUT2D eigenvalue weighted by atomic mass is 14.2. The molecule has 0 radical (unpaired) electrons. The molecule has 0 aliphatic heterocycles. The molecular weight excluding hydrogens is 168 g/mol. The van der Waals surface area contributed by atoms with E-state index in [9.17, 15) is 0 Å². The Labute approximate surface area is 87.7 Å². The van der Waals surface area contributed by atoms with Crippen molar-refractivity contribution in [2.24, 2.45) is 0 Å². The summed E-state index contributed by atoms with van der Waals surface area (Å²) in [7, 11) is 0. The van der Waals surface area contributed by atoms with Crippen LogP contribution in [0.4, 0.5) is 0 Å². The van der Waals surface area contributed by atoms with Crippen molar-refractivity contribution < 1.29 is 0 Å². The fourth-order valence-corrected chi connectivity index (χ4v) is 1.79. The molecule has 0 atom stereocenters. The van der Waals surface area contributed by atoms with E-state index >= 15 is 0 Å². The van der Waals surface area contributed by atoms with E-state index in [0.717, 1.165) is 6.42 Å². The summed E-state index contributed by atoms with van der Waals surface area (Å²) < 4.78 is 0. The molecule has 0 heteroatoms. The first-order valence-corrected chi connectivity index (χ1v) is 5.23. The van der Waals surface area contributed by atoms with Gasteiger partial charge in [-0.05, 0) is 31.2 Å². The summed E-state index contributed by atoms with van der Waals surface area (Å²) in [4.78, 5) is 0. The molecule has 76 valence electrons. The zero-order chi connectivity index (χ0) is 10.6. The SMILES string of the molecule is CC=C(C)CC(C)(C)c1ccccc1. The van der Waals surface area contributed by atoms with Crippen LogP contribution in [0.1, 0.15) is 39.7 Å². The van der Waals surface area contributed by atoms with E-state index < -0.39 is 0 Å². The van der Waals surface area contributed by atoms with Crippen LogP contribution in [0.2, 0.25) is 0 Å². The predicted octanol–water partition coefficient (Wildman–Crippen LogP) is 4.32. The maximum atomic E-state index is 2.30. The van der Waals surface area contributed by atoms with Crippen molar-refractivity contribution in [3.05, 3.63) is 47.5 Å². The topological polar surface area (TPSA) is 0 Å². The normalized spacial score (nSPS) is 13.0. The van der Waals surface area contributed by atoms with E-state index in [4.69, 9.17) is 0 Å². The summed E-state index contributed by atoms with van der Waals surface area (Å²) in [5.41, 5.74) is 3.12. The molecule has 0 saturated heterocycles. The molecule has 0 amide bonds. The lowest BCUT2D eigenvalue weighted by molar-refractivity contribution is 0.519. The second-order valence-electron chi connectivity index (χ2n) is 4.56. The minimum Gasteiger partial charge on any atom is -0.0887 e. The molecule has 0 spiro atoms. The van der Waals surface area contributed by atoms with Crippen LogP contribution in [0.3, 0.4) is 0 Å². The molecule has 0 heterocycles. The molecule has 1 aromatic rings. The highest BCUT2D eigenvalue weighted by molar-refractivity contribution is 5.25. The molecule has 0 N–H and O–H groups in total. The lowest BCUT2D eigenvalue weighted by Gasteiger charge is -2.25. The number of hydrogen-bond donors (Lipinski definition) is 0. The number of rotatable bonds is 3. The van der Waals surface area contributed by atoms with Crippen LogP contribution in [0.5, 0.6) is 0 Å². The Bertz CT molecular complexity index is 304. The van der Waals surface area contributed by atoms with Gasteiger partial charge in [0, 0.05) is 0 Å². The first-order valence-electron chi connectivity index (χ1n) is 5.23. The van der Waals surface area contributed by atoms with Crippen LogP contribution >= 0.6 is 0 Å². The predicted molar refractivity (Wildman–Crippen MR) is 63.5 cm³/mol. The lowest BCUT2D eigenvalue weighted by atomic mass is 9.79. The third kappa shape index (κ3) is 2.73. The van der Waals surface area contributed by atoms with Crippen LogP contribution in [-0.2, 0) is 5.41 Å². The number of hydrogen-bond acceptors (Lipinski definition) is 0. The first-order chi connectivity index (χ1) is 6.56. The Morgan fingerprint density at radius 2 is 1.79 bits per heavy atom. The molecule has 0 unspecified atom stereocenters. The molecular formula is C14H20. The molecule has 0 bridgehead atoms. The van der Waals surface area contributed by atoms with E-state index in [0.29, 0.717) is 0 Å². The van der Waals surface area contributed by atoms with Gasteiger partial charge in [0.05, 0.1) is 0 Å². The maximum Gasteiger partial charge on any atom is -0.00666 e. The Balaban J connectivity index is 2.86. The molecule has 0 saturated carbocycles. The van der Waals surface area contributed by atoms with Gasteiger partial charge in [-0.2, -0.15) is 0 Å². The van der Waals surface area contributed by atoms with E-state index in [2.05, 4.69) is 64.1 Å². The van der Waals surface area contributed by atoms with Crippen molar-refractivity contribution in [1.29, 1.82) is 0 Å². The third-order valence-corrected chi connectivity index (χ3v) is 2.77. The fraction of sp³-hybridized carbons (Fsp3) is 0.429. The zero-order valence-electron chi connectivity index (χ0n) is 9.67. The second-order valence-corrected chi connectivity index (χ2v) is 4.56. The van der Waals surface area contributed by atoms with E-state index in [1.807, 2.05) is 0 Å². The first kappa shape index (κ1) is 11.0. The summed E-state index contributed by atoms with van der Waals surface area (Å²) in [5, 5.41) is 0. The number of benzene rings is 1. The standard InChI is InChI=1S/C14H20/c1-5-12(2)11-14(3,4)13-9-7-6-8-10-13/h5-10H,11H2,1-4H3. The Morgan fingerprint density at radius 3 is 2.29 bits per heavy atom. The smallest absolute Gasteiger partial charge is 0.00666 e.